The number of carbonyl (C=O) groups excluding carboxylic acids is 1. The normalized spacial score (nSPS) is 18.6. The average Bonchev–Trinajstić information content (AvgIpc) is 3.39. The van der Waals surface area contributed by atoms with Gasteiger partial charge in [-0.05, 0) is 42.5 Å². The fraction of sp³-hybridized carbons (Fsp3) is 0.273. The smallest absolute Gasteiger partial charge is 0.271 e. The molecule has 2 atom stereocenters. The van der Waals surface area contributed by atoms with E-state index in [1.165, 1.54) is 0 Å². The van der Waals surface area contributed by atoms with E-state index in [0.29, 0.717) is 25.3 Å². The van der Waals surface area contributed by atoms with E-state index in [4.69, 9.17) is 4.74 Å². The summed E-state index contributed by atoms with van der Waals surface area (Å²) in [6, 6.07) is 19.1. The van der Waals surface area contributed by atoms with Gasteiger partial charge in [-0.15, -0.1) is 0 Å². The SMILES string of the molecule is COc1ccc(-c2cc(C(=O)NCC3CNCC3O)nn2-c2ccccc2)cc1. The van der Waals surface area contributed by atoms with Crippen molar-refractivity contribution in [2.45, 2.75) is 6.10 Å². The highest BCUT2D eigenvalue weighted by atomic mass is 16.5. The maximum absolute atomic E-state index is 12.7. The van der Waals surface area contributed by atoms with Crippen molar-refractivity contribution in [1.82, 2.24) is 20.4 Å². The van der Waals surface area contributed by atoms with Crippen molar-refractivity contribution in [2.75, 3.05) is 26.7 Å². The number of carbonyl (C=O) groups is 1. The first-order chi connectivity index (χ1) is 14.2. The zero-order chi connectivity index (χ0) is 20.2. The van der Waals surface area contributed by atoms with Crippen molar-refractivity contribution in [2.24, 2.45) is 5.92 Å². The molecule has 1 aromatic heterocycles. The molecule has 2 aromatic carbocycles. The van der Waals surface area contributed by atoms with Crippen LogP contribution in [-0.2, 0) is 0 Å². The van der Waals surface area contributed by atoms with Gasteiger partial charge in [-0.2, -0.15) is 5.10 Å². The van der Waals surface area contributed by atoms with Crippen molar-refractivity contribution in [3.05, 3.63) is 66.4 Å². The van der Waals surface area contributed by atoms with Crippen LogP contribution in [-0.4, -0.2) is 53.6 Å². The lowest BCUT2D eigenvalue weighted by molar-refractivity contribution is 0.0921. The summed E-state index contributed by atoms with van der Waals surface area (Å²) in [5.41, 5.74) is 2.94. The molecule has 3 N–H and O–H groups in total. The van der Waals surface area contributed by atoms with Gasteiger partial charge in [0, 0.05) is 31.1 Å². The van der Waals surface area contributed by atoms with E-state index in [0.717, 1.165) is 22.7 Å². The minimum atomic E-state index is -0.438. The molecule has 1 aliphatic heterocycles. The highest BCUT2D eigenvalue weighted by Gasteiger charge is 2.26. The molecule has 1 fully saturated rings. The van der Waals surface area contributed by atoms with Crippen molar-refractivity contribution in [3.8, 4) is 22.7 Å². The van der Waals surface area contributed by atoms with Gasteiger partial charge in [0.2, 0.25) is 0 Å². The number of rotatable bonds is 6. The van der Waals surface area contributed by atoms with E-state index < -0.39 is 6.10 Å². The number of aromatic nitrogens is 2. The number of amides is 1. The van der Waals surface area contributed by atoms with Gasteiger partial charge in [-0.1, -0.05) is 18.2 Å². The minimum Gasteiger partial charge on any atom is -0.497 e. The van der Waals surface area contributed by atoms with Crippen LogP contribution in [0.25, 0.3) is 16.9 Å². The van der Waals surface area contributed by atoms with E-state index in [2.05, 4.69) is 15.7 Å². The Labute approximate surface area is 169 Å². The van der Waals surface area contributed by atoms with Crippen LogP contribution < -0.4 is 15.4 Å². The molecule has 0 bridgehead atoms. The lowest BCUT2D eigenvalue weighted by atomic mass is 10.1. The molecule has 0 spiro atoms. The first-order valence-corrected chi connectivity index (χ1v) is 9.62. The quantitative estimate of drug-likeness (QED) is 0.596. The van der Waals surface area contributed by atoms with Crippen LogP contribution in [0.1, 0.15) is 10.5 Å². The summed E-state index contributed by atoms with van der Waals surface area (Å²) < 4.78 is 7.01. The van der Waals surface area contributed by atoms with E-state index in [-0.39, 0.29) is 11.8 Å². The Bertz CT molecular complexity index is 969. The van der Waals surface area contributed by atoms with Crippen molar-refractivity contribution in [1.29, 1.82) is 0 Å². The zero-order valence-corrected chi connectivity index (χ0v) is 16.2. The van der Waals surface area contributed by atoms with E-state index >= 15 is 0 Å². The molecule has 1 aliphatic rings. The molecule has 3 aromatic rings. The van der Waals surface area contributed by atoms with Crippen LogP contribution in [0.3, 0.4) is 0 Å². The molecule has 7 nitrogen and oxygen atoms in total. The summed E-state index contributed by atoms with van der Waals surface area (Å²) in [4.78, 5) is 12.7. The average molecular weight is 392 g/mol. The lowest BCUT2D eigenvalue weighted by Gasteiger charge is -2.13. The van der Waals surface area contributed by atoms with Crippen LogP contribution in [0.15, 0.2) is 60.7 Å². The standard InChI is InChI=1S/C22H24N4O3/c1-29-18-9-7-15(8-10-18)20-11-19(25-26(20)17-5-3-2-4-6-17)22(28)24-13-16-12-23-14-21(16)27/h2-11,16,21,23,27H,12-14H2,1H3,(H,24,28). The molecule has 4 rings (SSSR count). The molecule has 7 heteroatoms. The monoisotopic (exact) mass is 392 g/mol. The minimum absolute atomic E-state index is 0.0104. The van der Waals surface area contributed by atoms with Gasteiger partial charge in [0.1, 0.15) is 5.75 Å². The molecular formula is C22H24N4O3. The van der Waals surface area contributed by atoms with Gasteiger partial charge in [-0.3, -0.25) is 4.79 Å². The number of benzene rings is 2. The second-order valence-corrected chi connectivity index (χ2v) is 7.09. The number of aliphatic hydroxyl groups excluding tert-OH is 1. The molecule has 0 saturated carbocycles. The first-order valence-electron chi connectivity index (χ1n) is 9.62. The van der Waals surface area contributed by atoms with Gasteiger partial charge in [0.05, 0.1) is 24.6 Å². The second kappa shape index (κ2) is 8.46. The number of ether oxygens (including phenoxy) is 1. The summed E-state index contributed by atoms with van der Waals surface area (Å²) in [5, 5.41) is 20.5. The van der Waals surface area contributed by atoms with Crippen molar-refractivity contribution >= 4 is 5.91 Å². The van der Waals surface area contributed by atoms with Crippen LogP contribution in [0.5, 0.6) is 5.75 Å². The summed E-state index contributed by atoms with van der Waals surface area (Å²) in [6.45, 7) is 1.66. The van der Waals surface area contributed by atoms with Gasteiger partial charge < -0.3 is 20.5 Å². The molecule has 0 radical (unpaired) electrons. The molecule has 1 amide bonds. The Balaban J connectivity index is 1.62. The summed E-state index contributed by atoms with van der Waals surface area (Å²) in [5.74, 6) is 0.519. The van der Waals surface area contributed by atoms with Crippen LogP contribution >= 0.6 is 0 Å². The predicted octanol–water partition coefficient (Wildman–Crippen LogP) is 1.86. The number of para-hydroxylation sites is 1. The van der Waals surface area contributed by atoms with Gasteiger partial charge in [0.15, 0.2) is 5.69 Å². The molecule has 2 heterocycles. The number of nitrogens with zero attached hydrogens (tertiary/aromatic N) is 2. The first kappa shape index (κ1) is 19.2. The number of aliphatic hydroxyl groups is 1. The number of β-amino-alcohol motifs (C(OH)–C–C–N with tert-alkyl or cyclic N) is 1. The summed E-state index contributed by atoms with van der Waals surface area (Å²) in [6.07, 6.45) is -0.438. The van der Waals surface area contributed by atoms with Crippen LogP contribution in [0.2, 0.25) is 0 Å². The molecule has 29 heavy (non-hydrogen) atoms. The van der Waals surface area contributed by atoms with Gasteiger partial charge in [-0.25, -0.2) is 4.68 Å². The highest BCUT2D eigenvalue weighted by molar-refractivity contribution is 5.93. The third-order valence-electron chi connectivity index (χ3n) is 5.16. The third-order valence-corrected chi connectivity index (χ3v) is 5.16. The largest absolute Gasteiger partial charge is 0.497 e. The number of nitrogens with one attached hydrogen (secondary N) is 2. The zero-order valence-electron chi connectivity index (χ0n) is 16.2. The van der Waals surface area contributed by atoms with Crippen LogP contribution in [0, 0.1) is 5.92 Å². The molecular weight excluding hydrogens is 368 g/mol. The van der Waals surface area contributed by atoms with Gasteiger partial charge >= 0.3 is 0 Å². The predicted molar refractivity (Wildman–Crippen MR) is 110 cm³/mol. The molecule has 1 saturated heterocycles. The molecule has 2 unspecified atom stereocenters. The van der Waals surface area contributed by atoms with Crippen molar-refractivity contribution < 1.29 is 14.6 Å². The molecule has 0 aliphatic carbocycles. The lowest BCUT2D eigenvalue weighted by Crippen LogP contribution is -2.34. The topological polar surface area (TPSA) is 88.4 Å². The van der Waals surface area contributed by atoms with Crippen LogP contribution in [0.4, 0.5) is 0 Å². The molecule has 150 valence electrons. The second-order valence-electron chi connectivity index (χ2n) is 7.09. The number of methoxy groups -OCH3 is 1. The Morgan fingerprint density at radius 3 is 2.62 bits per heavy atom. The Morgan fingerprint density at radius 2 is 1.97 bits per heavy atom. The fourth-order valence-electron chi connectivity index (χ4n) is 3.47. The Kier molecular flexibility index (Phi) is 5.59. The van der Waals surface area contributed by atoms with E-state index in [1.807, 2.05) is 54.6 Å². The highest BCUT2D eigenvalue weighted by Crippen LogP contribution is 2.26. The number of hydrogen-bond acceptors (Lipinski definition) is 5. The summed E-state index contributed by atoms with van der Waals surface area (Å²) >= 11 is 0. The Morgan fingerprint density at radius 1 is 1.21 bits per heavy atom. The maximum atomic E-state index is 12.7. The van der Waals surface area contributed by atoms with E-state index in [9.17, 15) is 9.90 Å². The Hall–Kier alpha value is -3.16. The summed E-state index contributed by atoms with van der Waals surface area (Å²) in [7, 11) is 1.63. The fourth-order valence-corrected chi connectivity index (χ4v) is 3.47. The third kappa shape index (κ3) is 4.16. The van der Waals surface area contributed by atoms with E-state index in [1.54, 1.807) is 17.9 Å². The van der Waals surface area contributed by atoms with Gasteiger partial charge in [0.25, 0.3) is 5.91 Å². The van der Waals surface area contributed by atoms with Crippen molar-refractivity contribution in [3.63, 3.8) is 0 Å². The number of hydrogen-bond donors (Lipinski definition) is 3. The maximum Gasteiger partial charge on any atom is 0.271 e.